The molecule has 0 spiro atoms. The van der Waals surface area contributed by atoms with E-state index in [-0.39, 0.29) is 13.0 Å². The molecule has 0 aromatic heterocycles. The van der Waals surface area contributed by atoms with Crippen molar-refractivity contribution in [3.63, 3.8) is 0 Å². The second kappa shape index (κ2) is 8.67. The van der Waals surface area contributed by atoms with Crippen LogP contribution in [0.2, 0.25) is 0 Å². The van der Waals surface area contributed by atoms with Crippen LogP contribution in [0.25, 0.3) is 0 Å². The SMILES string of the molecule is O=C(CCCOc1ccc(C(O)Cc2ccccc2)cc1)C(F)(F)F. The summed E-state index contributed by atoms with van der Waals surface area (Å²) in [5, 5.41) is 10.2. The van der Waals surface area contributed by atoms with Gasteiger partial charge in [0.1, 0.15) is 5.75 Å². The number of hydrogen-bond acceptors (Lipinski definition) is 3. The molecule has 0 aliphatic carbocycles. The van der Waals surface area contributed by atoms with Gasteiger partial charge in [0, 0.05) is 12.8 Å². The van der Waals surface area contributed by atoms with Gasteiger partial charge in [0.15, 0.2) is 0 Å². The monoisotopic (exact) mass is 352 g/mol. The van der Waals surface area contributed by atoms with E-state index in [1.807, 2.05) is 30.3 Å². The van der Waals surface area contributed by atoms with E-state index in [1.165, 1.54) is 0 Å². The summed E-state index contributed by atoms with van der Waals surface area (Å²) < 4.78 is 41.5. The van der Waals surface area contributed by atoms with Gasteiger partial charge in [-0.15, -0.1) is 0 Å². The average molecular weight is 352 g/mol. The fourth-order valence-corrected chi connectivity index (χ4v) is 2.31. The van der Waals surface area contributed by atoms with Gasteiger partial charge in [-0.25, -0.2) is 0 Å². The molecule has 1 N–H and O–H groups in total. The highest BCUT2D eigenvalue weighted by molar-refractivity contribution is 5.83. The highest BCUT2D eigenvalue weighted by atomic mass is 19.4. The molecule has 1 atom stereocenters. The fourth-order valence-electron chi connectivity index (χ4n) is 2.31. The Kier molecular flexibility index (Phi) is 6.58. The average Bonchev–Trinajstić information content (AvgIpc) is 2.59. The number of ketones is 1. The van der Waals surface area contributed by atoms with Crippen LogP contribution in [0.5, 0.6) is 5.75 Å². The fraction of sp³-hybridized carbons (Fsp3) is 0.316. The number of hydrogen-bond donors (Lipinski definition) is 1. The first-order chi connectivity index (χ1) is 11.9. The Morgan fingerprint density at radius 1 is 1.04 bits per heavy atom. The van der Waals surface area contributed by atoms with Crippen molar-refractivity contribution in [3.8, 4) is 5.75 Å². The summed E-state index contributed by atoms with van der Waals surface area (Å²) in [6.45, 7) is 0.0216. The molecule has 6 heteroatoms. The lowest BCUT2D eigenvalue weighted by Gasteiger charge is -2.12. The van der Waals surface area contributed by atoms with Gasteiger partial charge in [-0.2, -0.15) is 13.2 Å². The zero-order valence-corrected chi connectivity index (χ0v) is 13.5. The molecule has 0 saturated carbocycles. The summed E-state index contributed by atoms with van der Waals surface area (Å²) in [5.41, 5.74) is 1.74. The molecule has 0 radical (unpaired) electrons. The van der Waals surface area contributed by atoms with Crippen LogP contribution in [-0.4, -0.2) is 23.7 Å². The van der Waals surface area contributed by atoms with Gasteiger partial charge in [-0.05, 0) is 29.7 Å². The molecule has 0 aliphatic rings. The minimum absolute atomic E-state index is 0.00325. The van der Waals surface area contributed by atoms with E-state index in [1.54, 1.807) is 24.3 Å². The molecule has 0 fully saturated rings. The molecule has 1 unspecified atom stereocenters. The Hall–Kier alpha value is -2.34. The number of alkyl halides is 3. The largest absolute Gasteiger partial charge is 0.494 e. The Balaban J connectivity index is 1.78. The lowest BCUT2D eigenvalue weighted by molar-refractivity contribution is -0.171. The molecule has 134 valence electrons. The Morgan fingerprint density at radius 2 is 1.68 bits per heavy atom. The molecular weight excluding hydrogens is 333 g/mol. The minimum Gasteiger partial charge on any atom is -0.494 e. The second-order valence-corrected chi connectivity index (χ2v) is 5.65. The standard InChI is InChI=1S/C19H19F3O3/c20-19(21,22)18(24)7-4-12-25-16-10-8-15(9-11-16)17(23)13-14-5-2-1-3-6-14/h1-3,5-6,8-11,17,23H,4,7,12-13H2. The number of halogens is 3. The number of Topliss-reactive ketones (excluding diaryl/α,β-unsaturated/α-hetero) is 1. The predicted molar refractivity (Wildman–Crippen MR) is 87.3 cm³/mol. The topological polar surface area (TPSA) is 46.5 Å². The third kappa shape index (κ3) is 6.23. The maximum Gasteiger partial charge on any atom is 0.449 e. The number of benzene rings is 2. The van der Waals surface area contributed by atoms with Gasteiger partial charge in [0.05, 0.1) is 12.7 Å². The van der Waals surface area contributed by atoms with Gasteiger partial charge in [0.25, 0.3) is 0 Å². The maximum absolute atomic E-state index is 12.1. The summed E-state index contributed by atoms with van der Waals surface area (Å²) in [6, 6.07) is 16.3. The van der Waals surface area contributed by atoms with E-state index in [2.05, 4.69) is 0 Å². The first-order valence-electron chi connectivity index (χ1n) is 7.91. The van der Waals surface area contributed by atoms with Crippen LogP contribution in [0.4, 0.5) is 13.2 Å². The number of carbonyl (C=O) groups excluding carboxylic acids is 1. The zero-order chi connectivity index (χ0) is 18.3. The van der Waals surface area contributed by atoms with Crippen molar-refractivity contribution in [1.82, 2.24) is 0 Å². The van der Waals surface area contributed by atoms with Crippen LogP contribution in [0.1, 0.15) is 30.1 Å². The van der Waals surface area contributed by atoms with E-state index < -0.39 is 24.5 Å². The van der Waals surface area contributed by atoms with Crippen LogP contribution in [-0.2, 0) is 11.2 Å². The second-order valence-electron chi connectivity index (χ2n) is 5.65. The first kappa shape index (κ1) is 19.0. The molecule has 2 aromatic rings. The maximum atomic E-state index is 12.1. The molecule has 0 saturated heterocycles. The van der Waals surface area contributed by atoms with E-state index in [4.69, 9.17) is 4.74 Å². The smallest absolute Gasteiger partial charge is 0.449 e. The Labute approximate surface area is 144 Å². The molecule has 0 amide bonds. The van der Waals surface area contributed by atoms with Crippen LogP contribution in [0.3, 0.4) is 0 Å². The number of carbonyl (C=O) groups is 1. The van der Waals surface area contributed by atoms with Crippen molar-refractivity contribution in [2.75, 3.05) is 6.61 Å². The molecule has 0 heterocycles. The van der Waals surface area contributed by atoms with E-state index in [9.17, 15) is 23.1 Å². The lowest BCUT2D eigenvalue weighted by Crippen LogP contribution is -2.22. The number of aliphatic hydroxyl groups excluding tert-OH is 1. The Bertz CT molecular complexity index is 667. The Morgan fingerprint density at radius 3 is 2.28 bits per heavy atom. The molecule has 2 aromatic carbocycles. The minimum atomic E-state index is -4.78. The van der Waals surface area contributed by atoms with Gasteiger partial charge in [-0.3, -0.25) is 4.79 Å². The normalized spacial score (nSPS) is 12.6. The van der Waals surface area contributed by atoms with Crippen molar-refractivity contribution < 1.29 is 27.8 Å². The summed E-state index contributed by atoms with van der Waals surface area (Å²) in [5.74, 6) is -1.26. The molecule has 0 bridgehead atoms. The van der Waals surface area contributed by atoms with Crippen molar-refractivity contribution >= 4 is 5.78 Å². The van der Waals surface area contributed by atoms with Crippen LogP contribution < -0.4 is 4.74 Å². The van der Waals surface area contributed by atoms with Crippen LogP contribution >= 0.6 is 0 Å². The van der Waals surface area contributed by atoms with Crippen LogP contribution in [0.15, 0.2) is 54.6 Å². The van der Waals surface area contributed by atoms with Crippen LogP contribution in [0, 0.1) is 0 Å². The summed E-state index contributed by atoms with van der Waals surface area (Å²) >= 11 is 0. The van der Waals surface area contributed by atoms with Crippen molar-refractivity contribution in [1.29, 1.82) is 0 Å². The van der Waals surface area contributed by atoms with E-state index >= 15 is 0 Å². The summed E-state index contributed by atoms with van der Waals surface area (Å²) in [6.07, 6.45) is -5.54. The number of ether oxygens (including phenoxy) is 1. The molecule has 25 heavy (non-hydrogen) atoms. The summed E-state index contributed by atoms with van der Waals surface area (Å²) in [7, 11) is 0. The van der Waals surface area contributed by atoms with Gasteiger partial charge < -0.3 is 9.84 Å². The van der Waals surface area contributed by atoms with Gasteiger partial charge in [-0.1, -0.05) is 42.5 Å². The first-order valence-corrected chi connectivity index (χ1v) is 7.91. The number of aliphatic hydroxyl groups is 1. The van der Waals surface area contributed by atoms with Crippen molar-refractivity contribution in [3.05, 3.63) is 65.7 Å². The summed E-state index contributed by atoms with van der Waals surface area (Å²) in [4.78, 5) is 10.7. The molecule has 3 nitrogen and oxygen atoms in total. The van der Waals surface area contributed by atoms with Gasteiger partial charge >= 0.3 is 6.18 Å². The lowest BCUT2D eigenvalue weighted by atomic mass is 10.0. The van der Waals surface area contributed by atoms with E-state index in [0.717, 1.165) is 11.1 Å². The molecule has 0 aliphatic heterocycles. The van der Waals surface area contributed by atoms with E-state index in [0.29, 0.717) is 12.2 Å². The van der Waals surface area contributed by atoms with Gasteiger partial charge in [0.2, 0.25) is 5.78 Å². The third-order valence-electron chi connectivity index (χ3n) is 3.67. The number of rotatable bonds is 8. The van der Waals surface area contributed by atoms with Crippen molar-refractivity contribution in [2.45, 2.75) is 31.5 Å². The molecule has 2 rings (SSSR count). The highest BCUT2D eigenvalue weighted by Gasteiger charge is 2.37. The quantitative estimate of drug-likeness (QED) is 0.723. The van der Waals surface area contributed by atoms with Crippen molar-refractivity contribution in [2.24, 2.45) is 0 Å². The highest BCUT2D eigenvalue weighted by Crippen LogP contribution is 2.22. The molecular formula is C19H19F3O3. The predicted octanol–water partition coefficient (Wildman–Crippen LogP) is 4.25. The third-order valence-corrected chi connectivity index (χ3v) is 3.67. The zero-order valence-electron chi connectivity index (χ0n) is 13.5.